The lowest BCUT2D eigenvalue weighted by Crippen LogP contribution is -2.37. The molecule has 0 bridgehead atoms. The van der Waals surface area contributed by atoms with E-state index in [1.54, 1.807) is 0 Å². The van der Waals surface area contributed by atoms with Gasteiger partial charge in [0, 0.05) is 20.1 Å². The number of aryl methyl sites for hydroxylation is 2. The van der Waals surface area contributed by atoms with Crippen molar-refractivity contribution in [3.05, 3.63) is 70.5 Å². The van der Waals surface area contributed by atoms with Gasteiger partial charge in [0.05, 0.1) is 5.75 Å². The largest absolute Gasteiger partial charge is 0.486 e. The van der Waals surface area contributed by atoms with Crippen LogP contribution in [-0.4, -0.2) is 37.9 Å². The van der Waals surface area contributed by atoms with Crippen molar-refractivity contribution in [1.82, 2.24) is 19.7 Å². The summed E-state index contributed by atoms with van der Waals surface area (Å²) in [6.07, 6.45) is 5.75. The molecule has 3 aromatic rings. The highest BCUT2D eigenvalue weighted by atomic mass is 32.2. The van der Waals surface area contributed by atoms with E-state index in [4.69, 9.17) is 4.74 Å². The zero-order valence-corrected chi connectivity index (χ0v) is 19.2. The van der Waals surface area contributed by atoms with Gasteiger partial charge in [-0.15, -0.1) is 10.2 Å². The number of carbonyl (C=O) groups excluding carboxylic acids is 1. The summed E-state index contributed by atoms with van der Waals surface area (Å²) in [5, 5.41) is 9.29. The molecular weight excluding hydrogens is 420 g/mol. The van der Waals surface area contributed by atoms with Gasteiger partial charge in [-0.05, 0) is 66.5 Å². The summed E-state index contributed by atoms with van der Waals surface area (Å²) in [4.78, 5) is 14.7. The first-order valence-electron chi connectivity index (χ1n) is 11.3. The number of nitrogens with zero attached hydrogens (tertiary/aromatic N) is 4. The zero-order valence-electron chi connectivity index (χ0n) is 18.4. The summed E-state index contributed by atoms with van der Waals surface area (Å²) < 4.78 is 7.92. The van der Waals surface area contributed by atoms with Gasteiger partial charge in [0.15, 0.2) is 11.0 Å². The Morgan fingerprint density at radius 2 is 1.78 bits per heavy atom. The smallest absolute Gasteiger partial charge is 0.233 e. The molecule has 2 heterocycles. The van der Waals surface area contributed by atoms with Gasteiger partial charge in [-0.2, -0.15) is 0 Å². The average Bonchev–Trinajstić information content (AvgIpc) is 3.19. The number of aromatic nitrogens is 3. The second-order valence-electron chi connectivity index (χ2n) is 8.51. The Morgan fingerprint density at radius 3 is 2.66 bits per heavy atom. The van der Waals surface area contributed by atoms with Crippen LogP contribution in [0, 0.1) is 0 Å². The van der Waals surface area contributed by atoms with Crippen molar-refractivity contribution in [1.29, 1.82) is 0 Å². The van der Waals surface area contributed by atoms with Gasteiger partial charge in [-0.25, -0.2) is 0 Å². The van der Waals surface area contributed by atoms with Crippen molar-refractivity contribution in [3.63, 3.8) is 0 Å². The van der Waals surface area contributed by atoms with Gasteiger partial charge in [0.2, 0.25) is 5.91 Å². The van der Waals surface area contributed by atoms with Crippen molar-refractivity contribution >= 4 is 17.7 Å². The van der Waals surface area contributed by atoms with E-state index in [9.17, 15) is 4.79 Å². The van der Waals surface area contributed by atoms with E-state index in [0.29, 0.717) is 18.9 Å². The molecule has 1 amide bonds. The van der Waals surface area contributed by atoms with E-state index in [1.165, 1.54) is 53.3 Å². The lowest BCUT2D eigenvalue weighted by atomic mass is 9.92. The van der Waals surface area contributed by atoms with Crippen LogP contribution in [0.3, 0.4) is 0 Å². The maximum Gasteiger partial charge on any atom is 0.233 e. The quantitative estimate of drug-likeness (QED) is 0.535. The Bertz CT molecular complexity index is 1130. The lowest BCUT2D eigenvalue weighted by molar-refractivity contribution is -0.129. The van der Waals surface area contributed by atoms with Gasteiger partial charge in [-0.1, -0.05) is 42.1 Å². The second kappa shape index (κ2) is 9.36. The average molecular weight is 449 g/mol. The van der Waals surface area contributed by atoms with Gasteiger partial charge in [0.25, 0.3) is 0 Å². The van der Waals surface area contributed by atoms with Crippen molar-refractivity contribution in [3.8, 4) is 5.75 Å². The molecule has 0 spiro atoms. The maximum atomic E-state index is 12.8. The van der Waals surface area contributed by atoms with E-state index >= 15 is 0 Å². The summed E-state index contributed by atoms with van der Waals surface area (Å²) in [5.41, 5.74) is 5.45. The van der Waals surface area contributed by atoms with Crippen molar-refractivity contribution in [2.45, 2.75) is 50.4 Å². The van der Waals surface area contributed by atoms with Crippen LogP contribution in [0.25, 0.3) is 0 Å². The monoisotopic (exact) mass is 448 g/mol. The van der Waals surface area contributed by atoms with E-state index in [0.717, 1.165) is 36.1 Å². The fourth-order valence-electron chi connectivity index (χ4n) is 4.47. The van der Waals surface area contributed by atoms with Crippen LogP contribution < -0.4 is 4.74 Å². The molecule has 2 aliphatic rings. The summed E-state index contributed by atoms with van der Waals surface area (Å²) >= 11 is 1.43. The summed E-state index contributed by atoms with van der Waals surface area (Å²) in [7, 11) is 1.93. The first kappa shape index (κ1) is 21.1. The minimum atomic E-state index is 0.138. The molecule has 0 N–H and O–H groups in total. The number of thioether (sulfide) groups is 1. The number of carbonyl (C=O) groups is 1. The Hall–Kier alpha value is -2.80. The molecular formula is C25H28N4O2S. The van der Waals surface area contributed by atoms with E-state index < -0.39 is 0 Å². The van der Waals surface area contributed by atoms with E-state index in [1.807, 2.05) is 28.6 Å². The molecule has 0 saturated heterocycles. The fraction of sp³-hybridized carbons (Fsp3) is 0.400. The van der Waals surface area contributed by atoms with Crippen LogP contribution in [0.1, 0.15) is 40.9 Å². The van der Waals surface area contributed by atoms with E-state index in [2.05, 4.69) is 40.5 Å². The SMILES string of the molecule is Cn1c(COc2ccc3c(c2)CCCC3)nnc1SCC(=O)N1CCc2ccccc2C1. The van der Waals surface area contributed by atoms with Crippen LogP contribution in [0.2, 0.25) is 0 Å². The topological polar surface area (TPSA) is 60.2 Å². The highest BCUT2D eigenvalue weighted by Gasteiger charge is 2.21. The van der Waals surface area contributed by atoms with Crippen molar-refractivity contribution in [2.24, 2.45) is 7.05 Å². The molecule has 1 aliphatic carbocycles. The normalized spacial score (nSPS) is 15.2. The summed E-state index contributed by atoms with van der Waals surface area (Å²) in [5.74, 6) is 2.13. The highest BCUT2D eigenvalue weighted by molar-refractivity contribution is 7.99. The van der Waals surface area contributed by atoms with E-state index in [-0.39, 0.29) is 5.91 Å². The molecule has 0 saturated carbocycles. The van der Waals surface area contributed by atoms with Crippen LogP contribution in [0.15, 0.2) is 47.6 Å². The zero-order chi connectivity index (χ0) is 21.9. The molecule has 0 unspecified atom stereocenters. The number of amides is 1. The predicted molar refractivity (Wildman–Crippen MR) is 125 cm³/mol. The number of benzene rings is 2. The van der Waals surface area contributed by atoms with Gasteiger partial charge >= 0.3 is 0 Å². The summed E-state index contributed by atoms with van der Waals surface area (Å²) in [6.45, 7) is 1.82. The molecule has 6 nitrogen and oxygen atoms in total. The van der Waals surface area contributed by atoms with Crippen LogP contribution >= 0.6 is 11.8 Å². The first-order valence-corrected chi connectivity index (χ1v) is 12.3. The molecule has 1 aromatic heterocycles. The van der Waals surface area contributed by atoms with Crippen molar-refractivity contribution in [2.75, 3.05) is 12.3 Å². The Labute approximate surface area is 193 Å². The first-order chi connectivity index (χ1) is 15.7. The van der Waals surface area contributed by atoms with Gasteiger partial charge in [-0.3, -0.25) is 4.79 Å². The maximum absolute atomic E-state index is 12.8. The molecule has 0 atom stereocenters. The van der Waals surface area contributed by atoms with Crippen LogP contribution in [0.4, 0.5) is 0 Å². The number of rotatable bonds is 6. The molecule has 32 heavy (non-hydrogen) atoms. The predicted octanol–water partition coefficient (Wildman–Crippen LogP) is 3.95. The molecule has 7 heteroatoms. The minimum Gasteiger partial charge on any atom is -0.486 e. The third-order valence-corrected chi connectivity index (χ3v) is 7.43. The summed E-state index contributed by atoms with van der Waals surface area (Å²) in [6, 6.07) is 14.8. The van der Waals surface area contributed by atoms with Crippen LogP contribution in [0.5, 0.6) is 5.75 Å². The molecule has 2 aromatic carbocycles. The third kappa shape index (κ3) is 4.53. The number of hydrogen-bond donors (Lipinski definition) is 0. The molecule has 1 aliphatic heterocycles. The third-order valence-electron chi connectivity index (χ3n) is 6.42. The number of hydrogen-bond acceptors (Lipinski definition) is 5. The molecule has 5 rings (SSSR count). The molecule has 0 fully saturated rings. The molecule has 166 valence electrons. The van der Waals surface area contributed by atoms with Crippen molar-refractivity contribution < 1.29 is 9.53 Å². The Balaban J connectivity index is 1.15. The van der Waals surface area contributed by atoms with Crippen LogP contribution in [-0.2, 0) is 44.3 Å². The van der Waals surface area contributed by atoms with Gasteiger partial charge in [0.1, 0.15) is 12.4 Å². The second-order valence-corrected chi connectivity index (χ2v) is 9.45. The highest BCUT2D eigenvalue weighted by Crippen LogP contribution is 2.26. The standard InChI is InChI=1S/C25H28N4O2S/c1-28-23(16-31-22-11-10-18-6-2-4-8-20(18)14-22)26-27-25(28)32-17-24(30)29-13-12-19-7-3-5-9-21(19)15-29/h3,5,7,9-11,14H,2,4,6,8,12-13,15-17H2,1H3. The number of ether oxygens (including phenoxy) is 1. The fourth-order valence-corrected chi connectivity index (χ4v) is 5.30. The Morgan fingerprint density at radius 1 is 1.00 bits per heavy atom. The lowest BCUT2D eigenvalue weighted by Gasteiger charge is -2.28. The number of fused-ring (bicyclic) bond motifs is 2. The minimum absolute atomic E-state index is 0.138. The molecule has 0 radical (unpaired) electrons. The Kier molecular flexibility index (Phi) is 6.17. The van der Waals surface area contributed by atoms with Gasteiger partial charge < -0.3 is 14.2 Å².